The molecule has 0 radical (unpaired) electrons. The van der Waals surface area contributed by atoms with Gasteiger partial charge in [-0.25, -0.2) is 0 Å². The van der Waals surface area contributed by atoms with Crippen molar-refractivity contribution >= 4 is 16.8 Å². The number of benzene rings is 2. The molecule has 4 rings (SSSR count). The third-order valence-electron chi connectivity index (χ3n) is 4.71. The summed E-state index contributed by atoms with van der Waals surface area (Å²) in [5.41, 5.74) is 3.11. The van der Waals surface area contributed by atoms with E-state index in [9.17, 15) is 9.59 Å². The van der Waals surface area contributed by atoms with Crippen molar-refractivity contribution in [1.29, 1.82) is 0 Å². The van der Waals surface area contributed by atoms with E-state index in [-0.39, 0.29) is 22.9 Å². The Morgan fingerprint density at radius 1 is 1.08 bits per heavy atom. The number of rotatable bonds is 2. The first-order valence-corrected chi connectivity index (χ1v) is 8.23. The molecule has 120 valence electrons. The molecule has 0 aliphatic heterocycles. The minimum Gasteiger partial charge on any atom is -0.360 e. The van der Waals surface area contributed by atoms with Crippen LogP contribution < -0.4 is 10.7 Å². The van der Waals surface area contributed by atoms with E-state index in [0.717, 1.165) is 30.3 Å². The third kappa shape index (κ3) is 2.50. The smallest absolute Gasteiger partial charge is 0.257 e. The number of pyridine rings is 1. The zero-order valence-corrected chi connectivity index (χ0v) is 13.2. The maximum atomic E-state index is 12.7. The molecule has 4 heteroatoms. The Morgan fingerprint density at radius 3 is 2.79 bits per heavy atom. The maximum absolute atomic E-state index is 12.7. The van der Waals surface area contributed by atoms with Crippen molar-refractivity contribution in [3.63, 3.8) is 0 Å². The summed E-state index contributed by atoms with van der Waals surface area (Å²) in [6, 6.07) is 15.4. The minimum atomic E-state index is -0.316. The average molecular weight is 318 g/mol. The molecule has 2 aromatic carbocycles. The SMILES string of the molecule is O=C(N[C@@H]1CCCc2ccccc21)c1c[nH]c2ccccc2c1=O. The van der Waals surface area contributed by atoms with Crippen LogP contribution in [0.1, 0.15) is 40.4 Å². The lowest BCUT2D eigenvalue weighted by Crippen LogP contribution is -2.34. The summed E-state index contributed by atoms with van der Waals surface area (Å²) in [5.74, 6) is -0.316. The molecule has 1 atom stereocenters. The van der Waals surface area contributed by atoms with E-state index in [2.05, 4.69) is 22.4 Å². The van der Waals surface area contributed by atoms with Crippen LogP contribution in [0, 0.1) is 0 Å². The fourth-order valence-corrected chi connectivity index (χ4v) is 3.48. The number of hydrogen-bond donors (Lipinski definition) is 2. The molecule has 1 aliphatic rings. The summed E-state index contributed by atoms with van der Waals surface area (Å²) in [5, 5.41) is 3.57. The average Bonchev–Trinajstić information content (AvgIpc) is 2.62. The maximum Gasteiger partial charge on any atom is 0.257 e. The van der Waals surface area contributed by atoms with E-state index in [1.807, 2.05) is 24.3 Å². The quantitative estimate of drug-likeness (QED) is 0.761. The minimum absolute atomic E-state index is 0.0340. The second kappa shape index (κ2) is 5.96. The first-order valence-electron chi connectivity index (χ1n) is 8.23. The summed E-state index contributed by atoms with van der Waals surface area (Å²) in [4.78, 5) is 28.3. The number of carbonyl (C=O) groups is 1. The van der Waals surface area contributed by atoms with Crippen LogP contribution in [-0.2, 0) is 6.42 Å². The molecule has 0 fully saturated rings. The first-order chi connectivity index (χ1) is 11.7. The van der Waals surface area contributed by atoms with Gasteiger partial charge in [-0.1, -0.05) is 36.4 Å². The molecular weight excluding hydrogens is 300 g/mol. The van der Waals surface area contributed by atoms with Crippen molar-refractivity contribution in [3.8, 4) is 0 Å². The number of aryl methyl sites for hydroxylation is 1. The molecule has 24 heavy (non-hydrogen) atoms. The number of hydrogen-bond acceptors (Lipinski definition) is 2. The van der Waals surface area contributed by atoms with E-state index in [1.54, 1.807) is 12.1 Å². The Hall–Kier alpha value is -2.88. The molecule has 1 aliphatic carbocycles. The number of amides is 1. The first kappa shape index (κ1) is 14.7. The van der Waals surface area contributed by atoms with E-state index < -0.39 is 0 Å². The number of para-hydroxylation sites is 1. The van der Waals surface area contributed by atoms with Gasteiger partial charge in [0.1, 0.15) is 5.56 Å². The van der Waals surface area contributed by atoms with Crippen LogP contribution in [0.5, 0.6) is 0 Å². The van der Waals surface area contributed by atoms with Gasteiger partial charge in [0, 0.05) is 17.1 Å². The second-order valence-corrected chi connectivity index (χ2v) is 6.19. The van der Waals surface area contributed by atoms with Gasteiger partial charge in [-0.15, -0.1) is 0 Å². The Bertz CT molecular complexity index is 975. The predicted molar refractivity (Wildman–Crippen MR) is 94.2 cm³/mol. The standard InChI is InChI=1S/C20H18N2O2/c23-19-15-9-3-4-10-17(15)21-12-16(19)20(24)22-18-11-5-7-13-6-1-2-8-14(13)18/h1-4,6,8-10,12,18H,5,7,11H2,(H,21,23)(H,22,24)/t18-/m1/s1. The predicted octanol–water partition coefficient (Wildman–Crippen LogP) is 3.34. The highest BCUT2D eigenvalue weighted by molar-refractivity contribution is 5.97. The lowest BCUT2D eigenvalue weighted by Gasteiger charge is -2.26. The lowest BCUT2D eigenvalue weighted by molar-refractivity contribution is 0.0931. The summed E-state index contributed by atoms with van der Waals surface area (Å²) in [6.07, 6.45) is 4.48. The molecule has 1 amide bonds. The van der Waals surface area contributed by atoms with Crippen molar-refractivity contribution in [2.75, 3.05) is 0 Å². The Labute approximate surface area is 139 Å². The van der Waals surface area contributed by atoms with Crippen LogP contribution in [0.2, 0.25) is 0 Å². The number of H-pyrrole nitrogens is 1. The van der Waals surface area contributed by atoms with Gasteiger partial charge < -0.3 is 10.3 Å². The number of nitrogens with one attached hydrogen (secondary N) is 2. The zero-order chi connectivity index (χ0) is 16.5. The molecule has 0 spiro atoms. The number of aromatic amines is 1. The van der Waals surface area contributed by atoms with Crippen LogP contribution in [0.15, 0.2) is 59.5 Å². The Morgan fingerprint density at radius 2 is 1.88 bits per heavy atom. The van der Waals surface area contributed by atoms with Crippen molar-refractivity contribution in [1.82, 2.24) is 10.3 Å². The van der Waals surface area contributed by atoms with E-state index in [0.29, 0.717) is 5.39 Å². The van der Waals surface area contributed by atoms with Crippen molar-refractivity contribution in [2.24, 2.45) is 0 Å². The Balaban J connectivity index is 1.66. The summed E-state index contributed by atoms with van der Waals surface area (Å²) >= 11 is 0. The third-order valence-corrected chi connectivity index (χ3v) is 4.71. The van der Waals surface area contributed by atoms with Crippen LogP contribution in [0.4, 0.5) is 0 Å². The molecule has 0 bridgehead atoms. The van der Waals surface area contributed by atoms with Gasteiger partial charge in [-0.05, 0) is 42.5 Å². The van der Waals surface area contributed by atoms with Crippen molar-refractivity contribution < 1.29 is 4.79 Å². The highest BCUT2D eigenvalue weighted by atomic mass is 16.2. The summed E-state index contributed by atoms with van der Waals surface area (Å²) in [6.45, 7) is 0. The van der Waals surface area contributed by atoms with Crippen LogP contribution in [-0.4, -0.2) is 10.9 Å². The molecular formula is C20H18N2O2. The molecule has 0 saturated heterocycles. The fraction of sp³-hybridized carbons (Fsp3) is 0.200. The van der Waals surface area contributed by atoms with Gasteiger partial charge in [0.2, 0.25) is 5.43 Å². The van der Waals surface area contributed by atoms with E-state index >= 15 is 0 Å². The number of carbonyl (C=O) groups excluding carboxylic acids is 1. The topological polar surface area (TPSA) is 62.0 Å². The number of aromatic nitrogens is 1. The van der Waals surface area contributed by atoms with Crippen LogP contribution in [0.25, 0.3) is 10.9 Å². The van der Waals surface area contributed by atoms with Gasteiger partial charge in [-0.3, -0.25) is 9.59 Å². The molecule has 0 unspecified atom stereocenters. The molecule has 3 aromatic rings. The zero-order valence-electron chi connectivity index (χ0n) is 13.2. The molecule has 1 aromatic heterocycles. The Kier molecular flexibility index (Phi) is 3.65. The molecule has 1 heterocycles. The molecule has 4 nitrogen and oxygen atoms in total. The van der Waals surface area contributed by atoms with E-state index in [1.165, 1.54) is 11.8 Å². The largest absolute Gasteiger partial charge is 0.360 e. The summed E-state index contributed by atoms with van der Waals surface area (Å²) in [7, 11) is 0. The van der Waals surface area contributed by atoms with Crippen molar-refractivity contribution in [3.05, 3.63) is 81.6 Å². The van der Waals surface area contributed by atoms with Gasteiger partial charge in [0.15, 0.2) is 0 Å². The van der Waals surface area contributed by atoms with E-state index in [4.69, 9.17) is 0 Å². The highest BCUT2D eigenvalue weighted by Crippen LogP contribution is 2.29. The van der Waals surface area contributed by atoms with Gasteiger partial charge >= 0.3 is 0 Å². The van der Waals surface area contributed by atoms with Gasteiger partial charge in [0.05, 0.1) is 6.04 Å². The summed E-state index contributed by atoms with van der Waals surface area (Å²) < 4.78 is 0. The van der Waals surface area contributed by atoms with Crippen LogP contribution >= 0.6 is 0 Å². The van der Waals surface area contributed by atoms with Crippen molar-refractivity contribution in [2.45, 2.75) is 25.3 Å². The number of fused-ring (bicyclic) bond motifs is 2. The van der Waals surface area contributed by atoms with Gasteiger partial charge in [-0.2, -0.15) is 0 Å². The monoisotopic (exact) mass is 318 g/mol. The van der Waals surface area contributed by atoms with Crippen LogP contribution in [0.3, 0.4) is 0 Å². The second-order valence-electron chi connectivity index (χ2n) is 6.19. The molecule has 0 saturated carbocycles. The normalized spacial score (nSPS) is 16.6. The van der Waals surface area contributed by atoms with Gasteiger partial charge in [0.25, 0.3) is 5.91 Å². The fourth-order valence-electron chi connectivity index (χ4n) is 3.48. The highest BCUT2D eigenvalue weighted by Gasteiger charge is 2.23. The lowest BCUT2D eigenvalue weighted by atomic mass is 9.87. The molecule has 2 N–H and O–H groups in total.